The SMILES string of the molecule is CSCc1nnco1. The van der Waals surface area contributed by atoms with Crippen LogP contribution in [0.1, 0.15) is 5.89 Å². The van der Waals surface area contributed by atoms with E-state index in [-0.39, 0.29) is 0 Å². The quantitative estimate of drug-likeness (QED) is 0.597. The summed E-state index contributed by atoms with van der Waals surface area (Å²) in [5.41, 5.74) is 0. The summed E-state index contributed by atoms with van der Waals surface area (Å²) in [5.74, 6) is 1.50. The highest BCUT2D eigenvalue weighted by molar-refractivity contribution is 7.97. The van der Waals surface area contributed by atoms with Crippen molar-refractivity contribution in [3.63, 3.8) is 0 Å². The maximum absolute atomic E-state index is 4.83. The third kappa shape index (κ3) is 1.23. The Kier molecular flexibility index (Phi) is 1.91. The van der Waals surface area contributed by atoms with Crippen LogP contribution >= 0.6 is 11.8 Å². The highest BCUT2D eigenvalue weighted by atomic mass is 32.2. The molecule has 0 saturated heterocycles. The fourth-order valence-corrected chi connectivity index (χ4v) is 0.755. The third-order valence-electron chi connectivity index (χ3n) is 0.673. The van der Waals surface area contributed by atoms with Crippen LogP contribution in [0.5, 0.6) is 0 Å². The van der Waals surface area contributed by atoms with Gasteiger partial charge < -0.3 is 4.42 Å². The highest BCUT2D eigenvalue weighted by Gasteiger charge is 1.92. The van der Waals surface area contributed by atoms with Crippen LogP contribution in [-0.4, -0.2) is 16.5 Å². The fourth-order valence-electron chi connectivity index (χ4n) is 0.382. The van der Waals surface area contributed by atoms with Gasteiger partial charge in [0.1, 0.15) is 0 Å². The molecule has 0 aliphatic heterocycles. The molecule has 1 aromatic heterocycles. The van der Waals surface area contributed by atoms with E-state index in [9.17, 15) is 0 Å². The zero-order valence-corrected chi connectivity index (χ0v) is 5.31. The van der Waals surface area contributed by atoms with Crippen LogP contribution < -0.4 is 0 Å². The summed E-state index contributed by atoms with van der Waals surface area (Å²) in [4.78, 5) is 0. The second-order valence-corrected chi connectivity index (χ2v) is 2.13. The van der Waals surface area contributed by atoms with E-state index in [1.807, 2.05) is 6.26 Å². The van der Waals surface area contributed by atoms with Crippen LogP contribution in [0.25, 0.3) is 0 Å². The highest BCUT2D eigenvalue weighted by Crippen LogP contribution is 2.02. The molecular weight excluding hydrogens is 124 g/mol. The van der Waals surface area contributed by atoms with Crippen LogP contribution in [-0.2, 0) is 5.75 Å². The number of rotatable bonds is 2. The van der Waals surface area contributed by atoms with Crippen LogP contribution in [0, 0.1) is 0 Å². The van der Waals surface area contributed by atoms with E-state index in [4.69, 9.17) is 4.42 Å². The number of aromatic nitrogens is 2. The van der Waals surface area contributed by atoms with Crippen molar-refractivity contribution in [1.29, 1.82) is 0 Å². The third-order valence-corrected chi connectivity index (χ3v) is 1.21. The lowest BCUT2D eigenvalue weighted by atomic mass is 10.8. The summed E-state index contributed by atoms with van der Waals surface area (Å²) in [5, 5.41) is 7.18. The van der Waals surface area contributed by atoms with E-state index in [0.717, 1.165) is 5.75 Å². The lowest BCUT2D eigenvalue weighted by Crippen LogP contribution is -1.76. The first kappa shape index (κ1) is 5.62. The number of hydrogen-bond donors (Lipinski definition) is 0. The van der Waals surface area contributed by atoms with Gasteiger partial charge in [0.05, 0.1) is 5.75 Å². The molecule has 1 rings (SSSR count). The number of thioether (sulfide) groups is 1. The van der Waals surface area contributed by atoms with Gasteiger partial charge in [-0.3, -0.25) is 0 Å². The van der Waals surface area contributed by atoms with Crippen LogP contribution in [0.15, 0.2) is 10.8 Å². The molecule has 0 aliphatic rings. The van der Waals surface area contributed by atoms with E-state index >= 15 is 0 Å². The number of nitrogens with zero attached hydrogens (tertiary/aromatic N) is 2. The van der Waals surface area contributed by atoms with Crippen molar-refractivity contribution in [3.05, 3.63) is 12.3 Å². The molecule has 3 nitrogen and oxygen atoms in total. The van der Waals surface area contributed by atoms with Crippen molar-refractivity contribution in [3.8, 4) is 0 Å². The standard InChI is InChI=1S/C4H6N2OS/c1-8-2-4-6-5-3-7-4/h3H,2H2,1H3. The predicted molar refractivity (Wildman–Crippen MR) is 31.5 cm³/mol. The van der Waals surface area contributed by atoms with Crippen LogP contribution in [0.4, 0.5) is 0 Å². The maximum Gasteiger partial charge on any atom is 0.226 e. The Morgan fingerprint density at radius 2 is 2.75 bits per heavy atom. The molecule has 0 amide bonds. The van der Waals surface area contributed by atoms with Crippen molar-refractivity contribution in [2.75, 3.05) is 6.26 Å². The van der Waals surface area contributed by atoms with Gasteiger partial charge in [-0.2, -0.15) is 11.8 Å². The van der Waals surface area contributed by atoms with E-state index < -0.39 is 0 Å². The van der Waals surface area contributed by atoms with Crippen molar-refractivity contribution < 1.29 is 4.42 Å². The predicted octanol–water partition coefficient (Wildman–Crippen LogP) is 0.933. The molecule has 0 radical (unpaired) electrons. The van der Waals surface area contributed by atoms with E-state index in [2.05, 4.69) is 10.2 Å². The second kappa shape index (κ2) is 2.71. The summed E-state index contributed by atoms with van der Waals surface area (Å²) in [6.45, 7) is 0. The summed E-state index contributed by atoms with van der Waals surface area (Å²) < 4.78 is 4.83. The van der Waals surface area contributed by atoms with Gasteiger partial charge in [0.25, 0.3) is 0 Å². The van der Waals surface area contributed by atoms with Gasteiger partial charge in [0.15, 0.2) is 0 Å². The average Bonchev–Trinajstić information content (AvgIpc) is 2.19. The van der Waals surface area contributed by atoms with Crippen molar-refractivity contribution in [2.24, 2.45) is 0 Å². The Hall–Kier alpha value is -0.510. The molecule has 1 heterocycles. The zero-order chi connectivity index (χ0) is 5.82. The summed E-state index contributed by atoms with van der Waals surface area (Å²) in [6, 6.07) is 0. The summed E-state index contributed by atoms with van der Waals surface area (Å²) in [6.07, 6.45) is 3.33. The molecule has 0 N–H and O–H groups in total. The van der Waals surface area contributed by atoms with Gasteiger partial charge in [-0.15, -0.1) is 10.2 Å². The smallest absolute Gasteiger partial charge is 0.226 e. The molecule has 0 aromatic carbocycles. The fraction of sp³-hybridized carbons (Fsp3) is 0.500. The minimum atomic E-state index is 0.692. The van der Waals surface area contributed by atoms with Crippen molar-refractivity contribution in [2.45, 2.75) is 5.75 Å². The van der Waals surface area contributed by atoms with Crippen LogP contribution in [0.2, 0.25) is 0 Å². The monoisotopic (exact) mass is 130 g/mol. The Labute approximate surface area is 51.5 Å². The number of hydrogen-bond acceptors (Lipinski definition) is 4. The molecule has 1 aromatic rings. The molecule has 0 saturated carbocycles. The molecule has 0 unspecified atom stereocenters. The lowest BCUT2D eigenvalue weighted by molar-refractivity contribution is 0.515. The van der Waals surface area contributed by atoms with Gasteiger partial charge in [-0.25, -0.2) is 0 Å². The van der Waals surface area contributed by atoms with Gasteiger partial charge in [-0.05, 0) is 6.26 Å². The average molecular weight is 130 g/mol. The topological polar surface area (TPSA) is 38.9 Å². The molecular formula is C4H6N2OS. The molecule has 0 atom stereocenters. The normalized spacial score (nSPS) is 9.62. The van der Waals surface area contributed by atoms with E-state index in [1.165, 1.54) is 6.39 Å². The van der Waals surface area contributed by atoms with Gasteiger partial charge >= 0.3 is 0 Å². The molecule has 44 valence electrons. The van der Waals surface area contributed by atoms with Crippen molar-refractivity contribution in [1.82, 2.24) is 10.2 Å². The molecule has 4 heteroatoms. The molecule has 0 fully saturated rings. The first-order chi connectivity index (χ1) is 3.93. The molecule has 0 bridgehead atoms. The minimum absolute atomic E-state index is 0.692. The Balaban J connectivity index is 2.50. The minimum Gasteiger partial charge on any atom is -0.427 e. The Bertz CT molecular complexity index is 140. The van der Waals surface area contributed by atoms with Gasteiger partial charge in [0, 0.05) is 0 Å². The van der Waals surface area contributed by atoms with Gasteiger partial charge in [0.2, 0.25) is 12.3 Å². The maximum atomic E-state index is 4.83. The summed E-state index contributed by atoms with van der Waals surface area (Å²) in [7, 11) is 0. The Morgan fingerprint density at radius 3 is 3.25 bits per heavy atom. The second-order valence-electron chi connectivity index (χ2n) is 1.27. The van der Waals surface area contributed by atoms with E-state index in [1.54, 1.807) is 11.8 Å². The molecule has 0 spiro atoms. The van der Waals surface area contributed by atoms with Gasteiger partial charge in [-0.1, -0.05) is 0 Å². The molecule has 0 aliphatic carbocycles. The first-order valence-electron chi connectivity index (χ1n) is 2.17. The largest absolute Gasteiger partial charge is 0.427 e. The van der Waals surface area contributed by atoms with Crippen molar-refractivity contribution >= 4 is 11.8 Å². The lowest BCUT2D eigenvalue weighted by Gasteiger charge is -1.82. The summed E-state index contributed by atoms with van der Waals surface area (Å²) >= 11 is 1.66. The Morgan fingerprint density at radius 1 is 1.88 bits per heavy atom. The van der Waals surface area contributed by atoms with E-state index in [0.29, 0.717) is 5.89 Å². The van der Waals surface area contributed by atoms with Crippen LogP contribution in [0.3, 0.4) is 0 Å². The zero-order valence-electron chi connectivity index (χ0n) is 4.50. The first-order valence-corrected chi connectivity index (χ1v) is 3.57. The molecule has 8 heavy (non-hydrogen) atoms.